The van der Waals surface area contributed by atoms with E-state index >= 15 is 0 Å². The van der Waals surface area contributed by atoms with Crippen LogP contribution < -0.4 is 5.32 Å². The molecule has 2 aliphatic heterocycles. The molecule has 120 valence electrons. The molecule has 2 heterocycles. The largest absolute Gasteiger partial charge is 0.467 e. The van der Waals surface area contributed by atoms with E-state index in [1.54, 1.807) is 4.90 Å². The molecule has 0 aromatic rings. The van der Waals surface area contributed by atoms with Crippen LogP contribution in [0.2, 0.25) is 0 Å². The van der Waals surface area contributed by atoms with Gasteiger partial charge in [-0.1, -0.05) is 0 Å². The zero-order valence-corrected chi connectivity index (χ0v) is 12.8. The Bertz CT molecular complexity index is 356. The maximum Gasteiger partial charge on any atom is 0.328 e. The van der Waals surface area contributed by atoms with E-state index in [2.05, 4.69) is 5.32 Å². The van der Waals surface area contributed by atoms with Gasteiger partial charge in [0.05, 0.1) is 26.2 Å². The number of carbonyl (C=O) groups is 2. The van der Waals surface area contributed by atoms with E-state index in [0.717, 1.165) is 38.8 Å². The summed E-state index contributed by atoms with van der Waals surface area (Å²) in [6, 6.07) is -0.407. The number of rotatable bonds is 5. The Morgan fingerprint density at radius 2 is 1.95 bits per heavy atom. The summed E-state index contributed by atoms with van der Waals surface area (Å²) in [6.45, 7) is 3.05. The molecule has 1 N–H and O–H groups in total. The number of hydrogen-bond acceptors (Lipinski definition) is 5. The van der Waals surface area contributed by atoms with Crippen LogP contribution in [0.25, 0.3) is 0 Å². The molecule has 6 nitrogen and oxygen atoms in total. The Balaban J connectivity index is 1.76. The summed E-state index contributed by atoms with van der Waals surface area (Å²) in [5.74, 6) is -0.304. The van der Waals surface area contributed by atoms with Gasteiger partial charge in [-0.15, -0.1) is 0 Å². The fraction of sp³-hybridized carbons (Fsp3) is 0.867. The smallest absolute Gasteiger partial charge is 0.328 e. The molecule has 2 aliphatic rings. The van der Waals surface area contributed by atoms with Gasteiger partial charge in [0.1, 0.15) is 6.04 Å². The molecule has 21 heavy (non-hydrogen) atoms. The molecule has 0 aliphatic carbocycles. The van der Waals surface area contributed by atoms with Crippen LogP contribution in [-0.4, -0.2) is 62.3 Å². The van der Waals surface area contributed by atoms with E-state index in [4.69, 9.17) is 9.47 Å². The van der Waals surface area contributed by atoms with Crippen LogP contribution in [0.15, 0.2) is 0 Å². The van der Waals surface area contributed by atoms with Gasteiger partial charge in [0.25, 0.3) is 0 Å². The third-order valence-electron chi connectivity index (χ3n) is 4.25. The van der Waals surface area contributed by atoms with Crippen molar-refractivity contribution in [3.8, 4) is 0 Å². The highest BCUT2D eigenvalue weighted by Gasteiger charge is 2.32. The molecule has 2 rings (SSSR count). The van der Waals surface area contributed by atoms with Crippen molar-refractivity contribution in [3.05, 3.63) is 0 Å². The molecule has 2 fully saturated rings. The van der Waals surface area contributed by atoms with Crippen LogP contribution in [0.5, 0.6) is 0 Å². The second-order valence-electron chi connectivity index (χ2n) is 5.69. The van der Waals surface area contributed by atoms with Crippen molar-refractivity contribution in [1.29, 1.82) is 0 Å². The van der Waals surface area contributed by atoms with Gasteiger partial charge in [0, 0.05) is 6.54 Å². The number of carbonyl (C=O) groups excluding carboxylic acids is 2. The lowest BCUT2D eigenvalue weighted by molar-refractivity contribution is -0.155. The lowest BCUT2D eigenvalue weighted by Gasteiger charge is -2.34. The predicted octanol–water partition coefficient (Wildman–Crippen LogP) is 0.699. The van der Waals surface area contributed by atoms with E-state index < -0.39 is 6.04 Å². The fourth-order valence-corrected chi connectivity index (χ4v) is 3.03. The number of nitrogens with zero attached hydrogens (tertiary/aromatic N) is 1. The van der Waals surface area contributed by atoms with Crippen molar-refractivity contribution in [2.24, 2.45) is 0 Å². The molecule has 0 saturated carbocycles. The Labute approximate surface area is 126 Å². The summed E-state index contributed by atoms with van der Waals surface area (Å²) in [4.78, 5) is 25.7. The highest BCUT2D eigenvalue weighted by Crippen LogP contribution is 2.19. The number of hydrogen-bond donors (Lipinski definition) is 1. The molecule has 0 aromatic carbocycles. The number of likely N-dealkylation sites (tertiary alicyclic amines) is 1. The molecule has 1 amide bonds. The lowest BCUT2D eigenvalue weighted by atomic mass is 10.0. The van der Waals surface area contributed by atoms with Gasteiger partial charge in [-0.25, -0.2) is 4.79 Å². The first-order valence-corrected chi connectivity index (χ1v) is 7.92. The second-order valence-corrected chi connectivity index (χ2v) is 5.69. The highest BCUT2D eigenvalue weighted by molar-refractivity contribution is 5.84. The summed E-state index contributed by atoms with van der Waals surface area (Å²) < 4.78 is 10.6. The average molecular weight is 298 g/mol. The summed E-state index contributed by atoms with van der Waals surface area (Å²) in [5, 5.41) is 3.28. The minimum atomic E-state index is -0.407. The minimum Gasteiger partial charge on any atom is -0.467 e. The zero-order valence-electron chi connectivity index (χ0n) is 12.8. The van der Waals surface area contributed by atoms with Gasteiger partial charge in [-0.3, -0.25) is 4.79 Å². The summed E-state index contributed by atoms with van der Waals surface area (Å²) >= 11 is 0. The maximum atomic E-state index is 12.3. The van der Waals surface area contributed by atoms with E-state index in [0.29, 0.717) is 26.0 Å². The van der Waals surface area contributed by atoms with Crippen molar-refractivity contribution in [2.75, 3.05) is 33.4 Å². The Morgan fingerprint density at radius 1 is 1.19 bits per heavy atom. The Hall–Kier alpha value is -1.14. The molecule has 6 heteroatoms. The first-order valence-electron chi connectivity index (χ1n) is 7.92. The van der Waals surface area contributed by atoms with Crippen molar-refractivity contribution < 1.29 is 19.1 Å². The van der Waals surface area contributed by atoms with Crippen LogP contribution in [0, 0.1) is 0 Å². The number of methoxy groups -OCH3 is 1. The normalized spacial score (nSPS) is 23.9. The van der Waals surface area contributed by atoms with Gasteiger partial charge in [-0.2, -0.15) is 0 Å². The molecule has 2 saturated heterocycles. The van der Waals surface area contributed by atoms with Gasteiger partial charge in [0.2, 0.25) is 5.91 Å². The van der Waals surface area contributed by atoms with Gasteiger partial charge in [0.15, 0.2) is 0 Å². The number of amides is 1. The number of ether oxygens (including phenoxy) is 2. The standard InChI is InChI=1S/C15H26N2O4/c1-20-15(19)13-4-2-3-10-17(13)14(18)7-11-21-12-5-8-16-9-6-12/h12-13,16H,2-11H2,1H3. The number of esters is 1. The van der Waals surface area contributed by atoms with Crippen LogP contribution in [0.3, 0.4) is 0 Å². The lowest BCUT2D eigenvalue weighted by Crippen LogP contribution is -2.48. The maximum absolute atomic E-state index is 12.3. The third kappa shape index (κ3) is 4.68. The van der Waals surface area contributed by atoms with E-state index in [9.17, 15) is 9.59 Å². The first kappa shape index (κ1) is 16.2. The molecule has 0 bridgehead atoms. The summed E-state index contributed by atoms with van der Waals surface area (Å²) in [5.41, 5.74) is 0. The van der Waals surface area contributed by atoms with E-state index in [1.807, 2.05) is 0 Å². The van der Waals surface area contributed by atoms with E-state index in [-0.39, 0.29) is 18.0 Å². The van der Waals surface area contributed by atoms with Crippen LogP contribution in [0.1, 0.15) is 38.5 Å². The summed E-state index contributed by atoms with van der Waals surface area (Å²) in [6.07, 6.45) is 5.23. The quantitative estimate of drug-likeness (QED) is 0.757. The van der Waals surface area contributed by atoms with Crippen molar-refractivity contribution in [3.63, 3.8) is 0 Å². The number of nitrogens with one attached hydrogen (secondary N) is 1. The highest BCUT2D eigenvalue weighted by atomic mass is 16.5. The molecular weight excluding hydrogens is 272 g/mol. The third-order valence-corrected chi connectivity index (χ3v) is 4.25. The second kappa shape index (κ2) is 8.34. The topological polar surface area (TPSA) is 67.9 Å². The number of piperidine rings is 2. The fourth-order valence-electron chi connectivity index (χ4n) is 3.03. The van der Waals surface area contributed by atoms with Crippen LogP contribution in [0.4, 0.5) is 0 Å². The van der Waals surface area contributed by atoms with Crippen molar-refractivity contribution in [1.82, 2.24) is 10.2 Å². The van der Waals surface area contributed by atoms with E-state index in [1.165, 1.54) is 7.11 Å². The van der Waals surface area contributed by atoms with Gasteiger partial charge in [-0.05, 0) is 45.2 Å². The molecular formula is C15H26N2O4. The van der Waals surface area contributed by atoms with Crippen molar-refractivity contribution in [2.45, 2.75) is 50.7 Å². The molecule has 1 atom stereocenters. The molecule has 1 unspecified atom stereocenters. The summed E-state index contributed by atoms with van der Waals surface area (Å²) in [7, 11) is 1.37. The molecule has 0 aromatic heterocycles. The average Bonchev–Trinajstić information content (AvgIpc) is 2.55. The molecule has 0 radical (unpaired) electrons. The van der Waals surface area contributed by atoms with Crippen molar-refractivity contribution >= 4 is 11.9 Å². The Morgan fingerprint density at radius 3 is 2.67 bits per heavy atom. The Kier molecular flexibility index (Phi) is 6.45. The molecule has 0 spiro atoms. The zero-order chi connectivity index (χ0) is 15.1. The monoisotopic (exact) mass is 298 g/mol. The first-order chi connectivity index (χ1) is 10.2. The van der Waals surface area contributed by atoms with Gasteiger partial charge >= 0.3 is 5.97 Å². The van der Waals surface area contributed by atoms with Gasteiger partial charge < -0.3 is 19.7 Å². The SMILES string of the molecule is COC(=O)C1CCCCN1C(=O)CCOC1CCNCC1. The van der Waals surface area contributed by atoms with Crippen LogP contribution in [-0.2, 0) is 19.1 Å². The predicted molar refractivity (Wildman–Crippen MR) is 77.8 cm³/mol. The minimum absolute atomic E-state index is 0.000894. The van der Waals surface area contributed by atoms with Crippen LogP contribution >= 0.6 is 0 Å².